The van der Waals surface area contributed by atoms with Crippen molar-refractivity contribution in [1.29, 1.82) is 0 Å². The van der Waals surface area contributed by atoms with Gasteiger partial charge in [-0.1, -0.05) is 11.6 Å². The molecule has 5 rings (SSSR count). The third-order valence-electron chi connectivity index (χ3n) is 6.04. The van der Waals surface area contributed by atoms with Gasteiger partial charge >= 0.3 is 0 Å². The summed E-state index contributed by atoms with van der Waals surface area (Å²) >= 11 is 6.11. The van der Waals surface area contributed by atoms with Crippen LogP contribution in [0.25, 0.3) is 10.9 Å². The van der Waals surface area contributed by atoms with E-state index in [0.29, 0.717) is 27.3 Å². The van der Waals surface area contributed by atoms with Crippen LogP contribution in [0.15, 0.2) is 35.4 Å². The Balaban J connectivity index is 1.63. The second kappa shape index (κ2) is 6.71. The van der Waals surface area contributed by atoms with Gasteiger partial charge in [-0.25, -0.2) is 18.7 Å². The first-order chi connectivity index (χ1) is 14.7. The van der Waals surface area contributed by atoms with Crippen molar-refractivity contribution in [3.8, 4) is 0 Å². The number of halogens is 3. The molecule has 1 spiro atoms. The number of aromatic nitrogens is 3. The van der Waals surface area contributed by atoms with Crippen molar-refractivity contribution in [3.63, 3.8) is 0 Å². The number of carbonyl (C=O) groups is 1. The van der Waals surface area contributed by atoms with Crippen molar-refractivity contribution < 1.29 is 13.6 Å². The Kier molecular flexibility index (Phi) is 4.30. The van der Waals surface area contributed by atoms with Crippen LogP contribution in [0, 0.1) is 6.92 Å². The molecule has 2 aliphatic rings. The van der Waals surface area contributed by atoms with Crippen LogP contribution in [0.3, 0.4) is 0 Å². The van der Waals surface area contributed by atoms with Gasteiger partial charge in [-0.3, -0.25) is 14.2 Å². The van der Waals surface area contributed by atoms with E-state index < -0.39 is 35.9 Å². The van der Waals surface area contributed by atoms with Crippen LogP contribution >= 0.6 is 11.6 Å². The molecule has 1 amide bonds. The number of amides is 1. The highest BCUT2D eigenvalue weighted by atomic mass is 35.5. The lowest BCUT2D eigenvalue weighted by Crippen LogP contribution is -2.51. The van der Waals surface area contributed by atoms with E-state index in [2.05, 4.69) is 20.6 Å². The van der Waals surface area contributed by atoms with Crippen molar-refractivity contribution in [1.82, 2.24) is 19.9 Å². The Morgan fingerprint density at radius 2 is 1.87 bits per heavy atom. The maximum Gasteiger partial charge on any atom is 0.276 e. The number of carbonyl (C=O) groups excluding carboxylic acids is 1. The van der Waals surface area contributed by atoms with E-state index >= 15 is 0 Å². The number of anilines is 2. The summed E-state index contributed by atoms with van der Waals surface area (Å²) in [7, 11) is 0. The highest BCUT2D eigenvalue weighted by Crippen LogP contribution is 2.43. The zero-order chi connectivity index (χ0) is 22.0. The zero-order valence-electron chi connectivity index (χ0n) is 16.5. The summed E-state index contributed by atoms with van der Waals surface area (Å²) in [4.78, 5) is 34.5. The number of nitrogens with zero attached hydrogens (tertiary/aromatic N) is 3. The molecule has 2 aromatic heterocycles. The third-order valence-corrected chi connectivity index (χ3v) is 6.28. The molecule has 160 valence electrons. The van der Waals surface area contributed by atoms with E-state index in [1.807, 2.05) is 0 Å². The van der Waals surface area contributed by atoms with Crippen molar-refractivity contribution in [2.45, 2.75) is 44.2 Å². The minimum absolute atomic E-state index is 0.0203. The Labute approximate surface area is 180 Å². The lowest BCUT2D eigenvalue weighted by molar-refractivity contribution is -0.0667. The van der Waals surface area contributed by atoms with Crippen molar-refractivity contribution in [2.75, 3.05) is 5.32 Å². The standard InChI is InChI=1S/C21H18ClF2N5O2/c1-11-8-15(27-17-13-9-12(22)2-3-14(13)25-10-26-17)19(31)29-16(11)18(30)28-21(29)6-4-20(23,24)5-7-21/h2-3,8-10H,4-7H2,1H3,(H,28,30)(H,25,26,27). The molecule has 10 heteroatoms. The number of fused-ring (bicyclic) bond motifs is 3. The molecule has 31 heavy (non-hydrogen) atoms. The maximum atomic E-state index is 13.8. The summed E-state index contributed by atoms with van der Waals surface area (Å²) in [5.41, 5.74) is -0.0262. The molecular formula is C21H18ClF2N5O2. The molecule has 0 saturated heterocycles. The van der Waals surface area contributed by atoms with E-state index in [0.717, 1.165) is 0 Å². The number of hydrogen-bond donors (Lipinski definition) is 2. The highest BCUT2D eigenvalue weighted by molar-refractivity contribution is 6.31. The second-order valence-corrected chi connectivity index (χ2v) is 8.52. The van der Waals surface area contributed by atoms with Crippen LogP contribution in [0.5, 0.6) is 0 Å². The largest absolute Gasteiger partial charge is 0.335 e. The second-order valence-electron chi connectivity index (χ2n) is 8.08. The number of pyridine rings is 1. The quantitative estimate of drug-likeness (QED) is 0.620. The van der Waals surface area contributed by atoms with Crippen molar-refractivity contribution in [3.05, 3.63) is 57.2 Å². The lowest BCUT2D eigenvalue weighted by atomic mass is 9.86. The number of nitrogens with one attached hydrogen (secondary N) is 2. The summed E-state index contributed by atoms with van der Waals surface area (Å²) in [6.45, 7) is 1.71. The Bertz CT molecular complexity index is 1300. The monoisotopic (exact) mass is 445 g/mol. The fourth-order valence-corrected chi connectivity index (χ4v) is 4.66. The highest BCUT2D eigenvalue weighted by Gasteiger charge is 2.51. The molecule has 1 fully saturated rings. The van der Waals surface area contributed by atoms with Gasteiger partial charge in [-0.05, 0) is 49.6 Å². The molecule has 1 aliphatic carbocycles. The van der Waals surface area contributed by atoms with Gasteiger partial charge in [0.05, 0.1) is 5.52 Å². The molecule has 2 N–H and O–H groups in total. The van der Waals surface area contributed by atoms with Gasteiger partial charge in [0.25, 0.3) is 11.5 Å². The number of benzene rings is 1. The van der Waals surface area contributed by atoms with E-state index in [-0.39, 0.29) is 24.2 Å². The first-order valence-corrected chi connectivity index (χ1v) is 10.2. The molecule has 0 bridgehead atoms. The van der Waals surface area contributed by atoms with Gasteiger partial charge in [0, 0.05) is 23.3 Å². The molecule has 1 saturated carbocycles. The molecule has 0 atom stereocenters. The van der Waals surface area contributed by atoms with Crippen LogP contribution in [0.2, 0.25) is 5.02 Å². The summed E-state index contributed by atoms with van der Waals surface area (Å²) in [6, 6.07) is 6.70. The predicted octanol–water partition coefficient (Wildman–Crippen LogP) is 4.10. The average Bonchev–Trinajstić information content (AvgIpc) is 3.02. The van der Waals surface area contributed by atoms with Crippen LogP contribution in [-0.4, -0.2) is 26.4 Å². The van der Waals surface area contributed by atoms with Crippen molar-refractivity contribution in [2.24, 2.45) is 0 Å². The van der Waals surface area contributed by atoms with E-state index in [9.17, 15) is 18.4 Å². The minimum Gasteiger partial charge on any atom is -0.335 e. The average molecular weight is 446 g/mol. The van der Waals surface area contributed by atoms with Crippen molar-refractivity contribution >= 4 is 39.9 Å². The van der Waals surface area contributed by atoms with E-state index in [4.69, 9.17) is 11.6 Å². The first kappa shape index (κ1) is 19.9. The van der Waals surface area contributed by atoms with Gasteiger partial charge in [0.2, 0.25) is 5.92 Å². The number of hydrogen-bond acceptors (Lipinski definition) is 5. The van der Waals surface area contributed by atoms with Gasteiger partial charge in [-0.15, -0.1) is 0 Å². The molecule has 3 heterocycles. The van der Waals surface area contributed by atoms with Crippen LogP contribution < -0.4 is 16.2 Å². The normalized spacial score (nSPS) is 18.8. The minimum atomic E-state index is -2.80. The Morgan fingerprint density at radius 1 is 1.13 bits per heavy atom. The Hall–Kier alpha value is -3.07. The fourth-order valence-electron chi connectivity index (χ4n) is 4.48. The molecule has 7 nitrogen and oxygen atoms in total. The van der Waals surface area contributed by atoms with E-state index in [1.165, 1.54) is 10.9 Å². The summed E-state index contributed by atoms with van der Waals surface area (Å²) in [5, 5.41) is 6.95. The predicted molar refractivity (Wildman–Crippen MR) is 112 cm³/mol. The SMILES string of the molecule is Cc1cc(Nc2ncnc3ccc(Cl)cc23)c(=O)n2c1C(=O)NC21CCC(F)(F)CC1. The Morgan fingerprint density at radius 3 is 2.61 bits per heavy atom. The summed E-state index contributed by atoms with van der Waals surface area (Å²) in [5.74, 6) is -2.84. The van der Waals surface area contributed by atoms with Gasteiger partial charge in [0.1, 0.15) is 29.2 Å². The molecular weight excluding hydrogens is 428 g/mol. The molecule has 3 aromatic rings. The van der Waals surface area contributed by atoms with Gasteiger partial charge < -0.3 is 10.6 Å². The van der Waals surface area contributed by atoms with E-state index in [1.54, 1.807) is 31.2 Å². The first-order valence-electron chi connectivity index (χ1n) is 9.84. The molecule has 1 aromatic carbocycles. The number of aryl methyl sites for hydroxylation is 1. The molecule has 1 aliphatic heterocycles. The molecule has 0 unspecified atom stereocenters. The fraction of sp³-hybridized carbons (Fsp3) is 0.333. The van der Waals surface area contributed by atoms with Crippen LogP contribution in [-0.2, 0) is 5.66 Å². The smallest absolute Gasteiger partial charge is 0.276 e. The van der Waals surface area contributed by atoms with Gasteiger partial charge in [0.15, 0.2) is 0 Å². The number of alkyl halides is 2. The maximum absolute atomic E-state index is 13.8. The summed E-state index contributed by atoms with van der Waals surface area (Å²) in [6.07, 6.45) is 0.531. The number of rotatable bonds is 2. The molecule has 0 radical (unpaired) electrons. The summed E-state index contributed by atoms with van der Waals surface area (Å²) < 4.78 is 29.0. The zero-order valence-corrected chi connectivity index (χ0v) is 17.3. The topological polar surface area (TPSA) is 88.9 Å². The lowest BCUT2D eigenvalue weighted by Gasteiger charge is -2.38. The van der Waals surface area contributed by atoms with Crippen LogP contribution in [0.4, 0.5) is 20.3 Å². The van der Waals surface area contributed by atoms with Gasteiger partial charge in [-0.2, -0.15) is 0 Å². The van der Waals surface area contributed by atoms with Crippen LogP contribution in [0.1, 0.15) is 41.7 Å². The third kappa shape index (κ3) is 3.15.